The number of hydrogen-bond acceptors (Lipinski definition) is 5. The highest BCUT2D eigenvalue weighted by Crippen LogP contribution is 2.00. The van der Waals surface area contributed by atoms with Gasteiger partial charge in [-0.25, -0.2) is 0 Å². The minimum Gasteiger partial charge on any atom is -0.481 e. The number of nitrogens with zero attached hydrogens (tertiary/aromatic N) is 1. The highest BCUT2D eigenvalue weighted by Gasteiger charge is 2.17. The lowest BCUT2D eigenvalue weighted by atomic mass is 10.1. The van der Waals surface area contributed by atoms with Crippen molar-refractivity contribution in [2.24, 2.45) is 5.92 Å². The SMILES string of the molecule is CCOC(=O)CCCNC(=O)CN(CC)CC(C)C(=O)O. The maximum absolute atomic E-state index is 11.7. The Kier molecular flexibility index (Phi) is 10.2. The van der Waals surface area contributed by atoms with Crippen molar-refractivity contribution in [3.05, 3.63) is 0 Å². The summed E-state index contributed by atoms with van der Waals surface area (Å²) in [6.45, 7) is 7.10. The van der Waals surface area contributed by atoms with E-state index in [-0.39, 0.29) is 24.8 Å². The van der Waals surface area contributed by atoms with E-state index in [2.05, 4.69) is 5.32 Å². The normalized spacial score (nSPS) is 12.0. The summed E-state index contributed by atoms with van der Waals surface area (Å²) >= 11 is 0. The Bertz CT molecular complexity index is 346. The van der Waals surface area contributed by atoms with Crippen molar-refractivity contribution in [3.8, 4) is 0 Å². The molecule has 2 N–H and O–H groups in total. The zero-order valence-electron chi connectivity index (χ0n) is 13.1. The summed E-state index contributed by atoms with van der Waals surface area (Å²) in [5, 5.41) is 11.6. The largest absolute Gasteiger partial charge is 0.481 e. The van der Waals surface area contributed by atoms with Gasteiger partial charge in [-0.15, -0.1) is 0 Å². The van der Waals surface area contributed by atoms with Gasteiger partial charge < -0.3 is 15.2 Å². The molecule has 0 aromatic carbocycles. The molecule has 7 heteroatoms. The second kappa shape index (κ2) is 11.1. The third-order valence-corrected chi connectivity index (χ3v) is 2.95. The highest BCUT2D eigenvalue weighted by atomic mass is 16.5. The van der Waals surface area contributed by atoms with E-state index in [9.17, 15) is 14.4 Å². The van der Waals surface area contributed by atoms with Crippen molar-refractivity contribution >= 4 is 17.8 Å². The standard InChI is InChI=1S/C14H26N2O5/c1-4-16(9-11(3)14(19)20)10-12(17)15-8-6-7-13(18)21-5-2/h11H,4-10H2,1-3H3,(H,15,17)(H,19,20). The first-order valence-corrected chi connectivity index (χ1v) is 7.28. The van der Waals surface area contributed by atoms with E-state index in [4.69, 9.17) is 9.84 Å². The van der Waals surface area contributed by atoms with E-state index in [0.29, 0.717) is 32.7 Å². The molecular weight excluding hydrogens is 276 g/mol. The van der Waals surface area contributed by atoms with Crippen LogP contribution in [0.1, 0.15) is 33.6 Å². The van der Waals surface area contributed by atoms with Gasteiger partial charge in [-0.05, 0) is 19.9 Å². The van der Waals surface area contributed by atoms with Crippen LogP contribution in [0.15, 0.2) is 0 Å². The minimum absolute atomic E-state index is 0.160. The van der Waals surface area contributed by atoms with Gasteiger partial charge in [-0.3, -0.25) is 19.3 Å². The molecule has 7 nitrogen and oxygen atoms in total. The van der Waals surface area contributed by atoms with Crippen LogP contribution in [-0.2, 0) is 19.1 Å². The number of nitrogens with one attached hydrogen (secondary N) is 1. The monoisotopic (exact) mass is 302 g/mol. The summed E-state index contributed by atoms with van der Waals surface area (Å²) < 4.78 is 4.78. The fourth-order valence-corrected chi connectivity index (χ4v) is 1.72. The van der Waals surface area contributed by atoms with Crippen LogP contribution in [0.4, 0.5) is 0 Å². The predicted molar refractivity (Wildman–Crippen MR) is 77.8 cm³/mol. The van der Waals surface area contributed by atoms with Crippen molar-refractivity contribution in [3.63, 3.8) is 0 Å². The second-order valence-corrected chi connectivity index (χ2v) is 4.83. The van der Waals surface area contributed by atoms with Gasteiger partial charge in [0, 0.05) is 19.5 Å². The first-order chi connectivity index (χ1) is 9.90. The zero-order chi connectivity index (χ0) is 16.3. The number of rotatable bonds is 11. The molecule has 1 atom stereocenters. The lowest BCUT2D eigenvalue weighted by Gasteiger charge is -2.21. The van der Waals surface area contributed by atoms with E-state index in [0.717, 1.165) is 0 Å². The summed E-state index contributed by atoms with van der Waals surface area (Å²) in [4.78, 5) is 35.4. The van der Waals surface area contributed by atoms with Crippen LogP contribution >= 0.6 is 0 Å². The molecule has 0 aliphatic rings. The number of carbonyl (C=O) groups excluding carboxylic acids is 2. The molecule has 0 saturated carbocycles. The van der Waals surface area contributed by atoms with Crippen LogP contribution in [0.3, 0.4) is 0 Å². The van der Waals surface area contributed by atoms with Crippen molar-refractivity contribution in [2.45, 2.75) is 33.6 Å². The Balaban J connectivity index is 3.90. The van der Waals surface area contributed by atoms with Crippen LogP contribution in [0.2, 0.25) is 0 Å². The third kappa shape index (κ3) is 9.84. The van der Waals surface area contributed by atoms with Crippen LogP contribution < -0.4 is 5.32 Å². The fourth-order valence-electron chi connectivity index (χ4n) is 1.72. The maximum Gasteiger partial charge on any atom is 0.307 e. The maximum atomic E-state index is 11.7. The molecular formula is C14H26N2O5. The average Bonchev–Trinajstić information content (AvgIpc) is 2.42. The highest BCUT2D eigenvalue weighted by molar-refractivity contribution is 5.78. The Hall–Kier alpha value is -1.63. The van der Waals surface area contributed by atoms with Gasteiger partial charge in [0.2, 0.25) is 5.91 Å². The molecule has 0 heterocycles. The predicted octanol–water partition coefficient (Wildman–Crippen LogP) is 0.489. The number of aliphatic carboxylic acids is 1. The molecule has 1 unspecified atom stereocenters. The van der Waals surface area contributed by atoms with Crippen molar-refractivity contribution in [1.82, 2.24) is 10.2 Å². The molecule has 122 valence electrons. The molecule has 0 aliphatic carbocycles. The molecule has 0 saturated heterocycles. The van der Waals surface area contributed by atoms with Crippen LogP contribution in [0, 0.1) is 5.92 Å². The van der Waals surface area contributed by atoms with Gasteiger partial charge in [-0.2, -0.15) is 0 Å². The van der Waals surface area contributed by atoms with Crippen molar-refractivity contribution < 1.29 is 24.2 Å². The van der Waals surface area contributed by atoms with Gasteiger partial charge in [-0.1, -0.05) is 13.8 Å². The number of ether oxygens (including phenoxy) is 1. The van der Waals surface area contributed by atoms with Gasteiger partial charge in [0.25, 0.3) is 0 Å². The molecule has 0 rings (SSSR count). The molecule has 0 spiro atoms. The molecule has 21 heavy (non-hydrogen) atoms. The first kappa shape index (κ1) is 19.4. The quantitative estimate of drug-likeness (QED) is 0.426. The summed E-state index contributed by atoms with van der Waals surface area (Å²) in [6.07, 6.45) is 0.809. The Labute approximate surface area is 125 Å². The van der Waals surface area contributed by atoms with E-state index < -0.39 is 11.9 Å². The van der Waals surface area contributed by atoms with Crippen LogP contribution in [-0.4, -0.2) is 60.6 Å². The van der Waals surface area contributed by atoms with E-state index >= 15 is 0 Å². The Morgan fingerprint density at radius 3 is 2.48 bits per heavy atom. The second-order valence-electron chi connectivity index (χ2n) is 4.83. The van der Waals surface area contributed by atoms with Crippen LogP contribution in [0.5, 0.6) is 0 Å². The van der Waals surface area contributed by atoms with Crippen LogP contribution in [0.25, 0.3) is 0 Å². The number of carbonyl (C=O) groups is 3. The smallest absolute Gasteiger partial charge is 0.307 e. The number of esters is 1. The fraction of sp³-hybridized carbons (Fsp3) is 0.786. The molecule has 1 amide bonds. The number of hydrogen-bond donors (Lipinski definition) is 2. The Morgan fingerprint density at radius 2 is 1.95 bits per heavy atom. The molecule has 0 fully saturated rings. The summed E-state index contributed by atoms with van der Waals surface area (Å²) in [5.41, 5.74) is 0. The van der Waals surface area contributed by atoms with Gasteiger partial charge in [0.15, 0.2) is 0 Å². The number of amides is 1. The molecule has 0 aromatic rings. The van der Waals surface area contributed by atoms with Gasteiger partial charge in [0.1, 0.15) is 0 Å². The molecule has 0 bridgehead atoms. The molecule has 0 aromatic heterocycles. The van der Waals surface area contributed by atoms with Gasteiger partial charge >= 0.3 is 11.9 Å². The number of likely N-dealkylation sites (N-methyl/N-ethyl adjacent to an activating group) is 1. The van der Waals surface area contributed by atoms with Gasteiger partial charge in [0.05, 0.1) is 19.1 Å². The minimum atomic E-state index is -0.872. The summed E-state index contributed by atoms with van der Waals surface area (Å²) in [7, 11) is 0. The lowest BCUT2D eigenvalue weighted by Crippen LogP contribution is -2.40. The lowest BCUT2D eigenvalue weighted by molar-refractivity contribution is -0.143. The van der Waals surface area contributed by atoms with E-state index in [1.165, 1.54) is 0 Å². The average molecular weight is 302 g/mol. The summed E-state index contributed by atoms with van der Waals surface area (Å²) in [5.74, 6) is -1.82. The molecule has 0 radical (unpaired) electrons. The molecule has 0 aliphatic heterocycles. The zero-order valence-corrected chi connectivity index (χ0v) is 13.1. The van der Waals surface area contributed by atoms with Crippen molar-refractivity contribution in [2.75, 3.05) is 32.8 Å². The first-order valence-electron chi connectivity index (χ1n) is 7.28. The topological polar surface area (TPSA) is 95.9 Å². The third-order valence-electron chi connectivity index (χ3n) is 2.95. The summed E-state index contributed by atoms with van der Waals surface area (Å²) in [6, 6.07) is 0. The Morgan fingerprint density at radius 1 is 1.29 bits per heavy atom. The van der Waals surface area contributed by atoms with E-state index in [1.54, 1.807) is 18.7 Å². The number of carboxylic acid groups (broad SMARTS) is 1. The number of carboxylic acids is 1. The van der Waals surface area contributed by atoms with Crippen molar-refractivity contribution in [1.29, 1.82) is 0 Å². The van der Waals surface area contributed by atoms with E-state index in [1.807, 2.05) is 6.92 Å².